The van der Waals surface area contributed by atoms with Crippen LogP contribution in [0.3, 0.4) is 0 Å². The Morgan fingerprint density at radius 2 is 2.38 bits per heavy atom. The maximum Gasteiger partial charge on any atom is 0.216 e. The van der Waals surface area contributed by atoms with Crippen molar-refractivity contribution in [3.63, 3.8) is 0 Å². The van der Waals surface area contributed by atoms with E-state index in [0.717, 1.165) is 24.7 Å². The van der Waals surface area contributed by atoms with E-state index in [0.29, 0.717) is 19.1 Å². The molecule has 2 rings (SSSR count). The van der Waals surface area contributed by atoms with Gasteiger partial charge in [-0.3, -0.25) is 9.69 Å². The lowest BCUT2D eigenvalue weighted by atomic mass is 10.0. The first-order valence-electron chi connectivity index (χ1n) is 7.38. The zero-order valence-corrected chi connectivity index (χ0v) is 13.4. The summed E-state index contributed by atoms with van der Waals surface area (Å²) in [7, 11) is 0. The zero-order valence-electron chi connectivity index (χ0n) is 12.6. The standard InChI is InChI=1S/C16H23ClN2O2/c1-12(14-4-3-5-15(17)8-14)10-19-6-7-21-16(11-19)9-18-13(2)20/h3-5,8,12,16H,6-7,9-11H2,1-2H3,(H,18,20)/t12-,16-/m0/s1. The lowest BCUT2D eigenvalue weighted by Gasteiger charge is -2.34. The molecule has 0 aliphatic carbocycles. The molecular formula is C16H23ClN2O2. The van der Waals surface area contributed by atoms with Crippen molar-refractivity contribution in [2.45, 2.75) is 25.9 Å². The Morgan fingerprint density at radius 1 is 1.57 bits per heavy atom. The predicted molar refractivity (Wildman–Crippen MR) is 84.7 cm³/mol. The van der Waals surface area contributed by atoms with Gasteiger partial charge >= 0.3 is 0 Å². The van der Waals surface area contributed by atoms with Gasteiger partial charge in [-0.05, 0) is 23.6 Å². The molecule has 21 heavy (non-hydrogen) atoms. The number of morpholine rings is 1. The fourth-order valence-corrected chi connectivity index (χ4v) is 2.83. The average molecular weight is 311 g/mol. The SMILES string of the molecule is CC(=O)NC[C@H]1CN(C[C@H](C)c2cccc(Cl)c2)CCO1. The number of halogens is 1. The van der Waals surface area contributed by atoms with Gasteiger partial charge in [0.25, 0.3) is 0 Å². The summed E-state index contributed by atoms with van der Waals surface area (Å²) in [4.78, 5) is 13.4. The second-order valence-electron chi connectivity index (χ2n) is 5.65. The van der Waals surface area contributed by atoms with Gasteiger partial charge in [-0.1, -0.05) is 30.7 Å². The summed E-state index contributed by atoms with van der Waals surface area (Å²) in [5.74, 6) is 0.409. The number of nitrogens with one attached hydrogen (secondary N) is 1. The Bertz CT molecular complexity index is 481. The highest BCUT2D eigenvalue weighted by molar-refractivity contribution is 6.30. The van der Waals surface area contributed by atoms with Crippen LogP contribution >= 0.6 is 11.6 Å². The summed E-state index contributed by atoms with van der Waals surface area (Å²) in [6.07, 6.45) is 0.0780. The first-order valence-corrected chi connectivity index (χ1v) is 7.76. The lowest BCUT2D eigenvalue weighted by molar-refractivity contribution is -0.120. The molecule has 0 aromatic heterocycles. The minimum atomic E-state index is -0.0111. The first-order chi connectivity index (χ1) is 10.0. The van der Waals surface area contributed by atoms with Crippen molar-refractivity contribution in [2.75, 3.05) is 32.8 Å². The van der Waals surface area contributed by atoms with E-state index in [9.17, 15) is 4.79 Å². The van der Waals surface area contributed by atoms with Crippen molar-refractivity contribution in [1.82, 2.24) is 10.2 Å². The molecule has 1 aromatic carbocycles. The largest absolute Gasteiger partial charge is 0.374 e. The van der Waals surface area contributed by atoms with Crippen molar-refractivity contribution >= 4 is 17.5 Å². The first kappa shape index (κ1) is 16.3. The highest BCUT2D eigenvalue weighted by atomic mass is 35.5. The van der Waals surface area contributed by atoms with Crippen LogP contribution in [0.5, 0.6) is 0 Å². The van der Waals surface area contributed by atoms with Crippen LogP contribution < -0.4 is 5.32 Å². The maximum atomic E-state index is 11.0. The summed E-state index contributed by atoms with van der Waals surface area (Å²) < 4.78 is 5.69. The van der Waals surface area contributed by atoms with Crippen molar-refractivity contribution in [2.24, 2.45) is 0 Å². The minimum Gasteiger partial charge on any atom is -0.374 e. The summed E-state index contributed by atoms with van der Waals surface area (Å²) in [6, 6.07) is 8.04. The van der Waals surface area contributed by atoms with Gasteiger partial charge in [0.05, 0.1) is 12.7 Å². The third kappa shape index (κ3) is 5.30. The molecule has 0 unspecified atom stereocenters. The Morgan fingerprint density at radius 3 is 3.10 bits per heavy atom. The molecule has 2 atom stereocenters. The molecule has 0 radical (unpaired) electrons. The van der Waals surface area contributed by atoms with E-state index in [-0.39, 0.29) is 12.0 Å². The van der Waals surface area contributed by atoms with Crippen molar-refractivity contribution in [1.29, 1.82) is 0 Å². The molecule has 0 saturated carbocycles. The molecule has 1 heterocycles. The number of benzene rings is 1. The molecule has 1 saturated heterocycles. The number of carbonyl (C=O) groups excluding carboxylic acids is 1. The number of amides is 1. The fraction of sp³-hybridized carbons (Fsp3) is 0.562. The lowest BCUT2D eigenvalue weighted by Crippen LogP contribution is -2.48. The van der Waals surface area contributed by atoms with Crippen molar-refractivity contribution in [3.8, 4) is 0 Å². The second-order valence-corrected chi connectivity index (χ2v) is 6.08. The molecule has 1 amide bonds. The summed E-state index contributed by atoms with van der Waals surface area (Å²) in [6.45, 7) is 7.79. The van der Waals surface area contributed by atoms with Crippen LogP contribution in [0.4, 0.5) is 0 Å². The van der Waals surface area contributed by atoms with Crippen LogP contribution in [0.2, 0.25) is 5.02 Å². The highest BCUT2D eigenvalue weighted by Crippen LogP contribution is 2.21. The zero-order chi connectivity index (χ0) is 15.2. The minimum absolute atomic E-state index is 0.0111. The molecule has 1 aliphatic rings. The predicted octanol–water partition coefficient (Wildman–Crippen LogP) is 2.28. The van der Waals surface area contributed by atoms with E-state index in [1.807, 2.05) is 18.2 Å². The number of ether oxygens (including phenoxy) is 1. The van der Waals surface area contributed by atoms with E-state index in [1.54, 1.807) is 0 Å². The van der Waals surface area contributed by atoms with Gasteiger partial charge in [0.1, 0.15) is 0 Å². The van der Waals surface area contributed by atoms with Gasteiger partial charge in [-0.2, -0.15) is 0 Å². The van der Waals surface area contributed by atoms with E-state index in [4.69, 9.17) is 16.3 Å². The van der Waals surface area contributed by atoms with Crippen LogP contribution in [-0.4, -0.2) is 49.7 Å². The Labute approximate surface area is 131 Å². The van der Waals surface area contributed by atoms with Crippen molar-refractivity contribution < 1.29 is 9.53 Å². The summed E-state index contributed by atoms with van der Waals surface area (Å²) in [5.41, 5.74) is 1.26. The van der Waals surface area contributed by atoms with Gasteiger partial charge in [-0.25, -0.2) is 0 Å². The monoisotopic (exact) mass is 310 g/mol. The highest BCUT2D eigenvalue weighted by Gasteiger charge is 2.22. The van der Waals surface area contributed by atoms with Crippen LogP contribution in [0, 0.1) is 0 Å². The van der Waals surface area contributed by atoms with Crippen LogP contribution in [0.1, 0.15) is 25.3 Å². The Kier molecular flexibility index (Phi) is 6.03. The van der Waals surface area contributed by atoms with Crippen LogP contribution in [0.15, 0.2) is 24.3 Å². The quantitative estimate of drug-likeness (QED) is 0.907. The van der Waals surface area contributed by atoms with Gasteiger partial charge in [0, 0.05) is 38.1 Å². The second kappa shape index (κ2) is 7.78. The molecule has 0 bridgehead atoms. The number of nitrogens with zero attached hydrogens (tertiary/aromatic N) is 1. The molecule has 4 nitrogen and oxygen atoms in total. The topological polar surface area (TPSA) is 41.6 Å². The maximum absolute atomic E-state index is 11.0. The van der Waals surface area contributed by atoms with Crippen molar-refractivity contribution in [3.05, 3.63) is 34.9 Å². The average Bonchev–Trinajstić information content (AvgIpc) is 2.45. The number of carbonyl (C=O) groups is 1. The van der Waals surface area contributed by atoms with Crippen LogP contribution in [0.25, 0.3) is 0 Å². The number of rotatable bonds is 5. The van der Waals surface area contributed by atoms with Gasteiger partial charge in [-0.15, -0.1) is 0 Å². The van der Waals surface area contributed by atoms with Gasteiger partial charge in [0.15, 0.2) is 0 Å². The molecule has 1 fully saturated rings. The Hall–Kier alpha value is -1.10. The van der Waals surface area contributed by atoms with Gasteiger partial charge in [0.2, 0.25) is 5.91 Å². The molecule has 0 spiro atoms. The normalized spacial score (nSPS) is 21.0. The number of hydrogen-bond acceptors (Lipinski definition) is 3. The molecule has 1 aliphatic heterocycles. The third-order valence-electron chi connectivity index (χ3n) is 3.75. The van der Waals surface area contributed by atoms with Crippen LogP contribution in [-0.2, 0) is 9.53 Å². The fourth-order valence-electron chi connectivity index (χ4n) is 2.63. The molecule has 1 aromatic rings. The Balaban J connectivity index is 1.85. The summed E-state index contributed by atoms with van der Waals surface area (Å²) in [5, 5.41) is 3.60. The van der Waals surface area contributed by atoms with E-state index < -0.39 is 0 Å². The van der Waals surface area contributed by atoms with E-state index in [2.05, 4.69) is 23.2 Å². The molecular weight excluding hydrogens is 288 g/mol. The van der Waals surface area contributed by atoms with E-state index in [1.165, 1.54) is 12.5 Å². The number of hydrogen-bond donors (Lipinski definition) is 1. The summed E-state index contributed by atoms with van der Waals surface area (Å²) >= 11 is 6.05. The smallest absolute Gasteiger partial charge is 0.216 e. The third-order valence-corrected chi connectivity index (χ3v) is 3.99. The molecule has 5 heteroatoms. The van der Waals surface area contributed by atoms with E-state index >= 15 is 0 Å². The molecule has 1 N–H and O–H groups in total. The molecule has 116 valence electrons. The van der Waals surface area contributed by atoms with Gasteiger partial charge < -0.3 is 10.1 Å².